The molecule has 0 radical (unpaired) electrons. The zero-order valence-electron chi connectivity index (χ0n) is 11.3. The van der Waals surface area contributed by atoms with Gasteiger partial charge in [-0.05, 0) is 49.7 Å². The summed E-state index contributed by atoms with van der Waals surface area (Å²) in [5.74, 6) is 0. The van der Waals surface area contributed by atoms with Crippen LogP contribution in [0.2, 0.25) is 0 Å². The first kappa shape index (κ1) is 12.8. The molecule has 94 valence electrons. The van der Waals surface area contributed by atoms with E-state index in [0.717, 1.165) is 12.1 Å². The van der Waals surface area contributed by atoms with E-state index in [2.05, 4.69) is 48.4 Å². The van der Waals surface area contributed by atoms with E-state index in [4.69, 9.17) is 0 Å². The maximum atomic E-state index is 4.40. The summed E-state index contributed by atoms with van der Waals surface area (Å²) in [6, 6.07) is 12.9. The number of hydrogen-bond donors (Lipinski definition) is 1. The molecule has 1 N–H and O–H groups in total. The van der Waals surface area contributed by atoms with Gasteiger partial charge in [0.1, 0.15) is 0 Å². The smallest absolute Gasteiger partial charge is 0.0422 e. The molecule has 18 heavy (non-hydrogen) atoms. The second-order valence-corrected chi connectivity index (χ2v) is 4.66. The number of nitrogens with zero attached hydrogens (tertiary/aromatic N) is 1. The normalized spacial score (nSPS) is 12.4. The van der Waals surface area contributed by atoms with Gasteiger partial charge in [-0.15, -0.1) is 0 Å². The first-order valence-electron chi connectivity index (χ1n) is 6.35. The fraction of sp³-hybridized carbons (Fsp3) is 0.312. The molecule has 0 aliphatic carbocycles. The molecule has 0 bridgehead atoms. The van der Waals surface area contributed by atoms with Crippen molar-refractivity contribution in [2.75, 3.05) is 7.05 Å². The third-order valence-electron chi connectivity index (χ3n) is 3.51. The Hall–Kier alpha value is -1.67. The average Bonchev–Trinajstić information content (AvgIpc) is 2.41. The maximum Gasteiger partial charge on any atom is 0.0422 e. The van der Waals surface area contributed by atoms with Gasteiger partial charge in [-0.1, -0.05) is 24.3 Å². The monoisotopic (exact) mass is 240 g/mol. The lowest BCUT2D eigenvalue weighted by Gasteiger charge is -2.19. The van der Waals surface area contributed by atoms with E-state index in [1.54, 1.807) is 0 Å². The molecule has 0 saturated heterocycles. The van der Waals surface area contributed by atoms with Gasteiger partial charge in [-0.25, -0.2) is 0 Å². The van der Waals surface area contributed by atoms with E-state index >= 15 is 0 Å². The minimum atomic E-state index is 0.319. The molecule has 1 aromatic heterocycles. The summed E-state index contributed by atoms with van der Waals surface area (Å²) in [6.07, 6.45) is 2.77. The zero-order chi connectivity index (χ0) is 13.0. The van der Waals surface area contributed by atoms with E-state index in [-0.39, 0.29) is 0 Å². The Morgan fingerprint density at radius 3 is 2.61 bits per heavy atom. The van der Waals surface area contributed by atoms with Crippen LogP contribution < -0.4 is 5.32 Å². The predicted octanol–water partition coefficient (Wildman–Crippen LogP) is 3.20. The Morgan fingerprint density at radius 1 is 1.11 bits per heavy atom. The van der Waals surface area contributed by atoms with E-state index in [1.165, 1.54) is 16.7 Å². The minimum absolute atomic E-state index is 0.319. The van der Waals surface area contributed by atoms with Gasteiger partial charge in [0.15, 0.2) is 0 Å². The third-order valence-corrected chi connectivity index (χ3v) is 3.51. The van der Waals surface area contributed by atoms with Crippen LogP contribution in [0.4, 0.5) is 0 Å². The first-order chi connectivity index (χ1) is 8.72. The summed E-state index contributed by atoms with van der Waals surface area (Å²) in [5.41, 5.74) is 5.20. The molecular formula is C16H20N2. The molecule has 2 rings (SSSR count). The molecule has 1 atom stereocenters. The van der Waals surface area contributed by atoms with Crippen molar-refractivity contribution in [1.29, 1.82) is 0 Å². The van der Waals surface area contributed by atoms with Crippen LogP contribution in [0, 0.1) is 13.8 Å². The molecule has 0 aliphatic rings. The summed E-state index contributed by atoms with van der Waals surface area (Å²) in [7, 11) is 2.01. The maximum absolute atomic E-state index is 4.40. The van der Waals surface area contributed by atoms with E-state index in [0.29, 0.717) is 6.04 Å². The van der Waals surface area contributed by atoms with Crippen LogP contribution in [0.5, 0.6) is 0 Å². The summed E-state index contributed by atoms with van der Waals surface area (Å²) in [6.45, 7) is 4.35. The molecule has 0 fully saturated rings. The molecule has 0 saturated carbocycles. The van der Waals surface area contributed by atoms with Crippen LogP contribution >= 0.6 is 0 Å². The molecule has 0 spiro atoms. The van der Waals surface area contributed by atoms with Crippen molar-refractivity contribution < 1.29 is 0 Å². The highest BCUT2D eigenvalue weighted by atomic mass is 14.9. The van der Waals surface area contributed by atoms with Crippen molar-refractivity contribution in [2.24, 2.45) is 0 Å². The van der Waals surface area contributed by atoms with Gasteiger partial charge in [0.25, 0.3) is 0 Å². The molecule has 2 nitrogen and oxygen atoms in total. The van der Waals surface area contributed by atoms with Gasteiger partial charge in [0.05, 0.1) is 0 Å². The lowest BCUT2D eigenvalue weighted by atomic mass is 9.94. The number of benzene rings is 1. The second-order valence-electron chi connectivity index (χ2n) is 4.66. The van der Waals surface area contributed by atoms with Crippen LogP contribution in [0.15, 0.2) is 42.6 Å². The number of aromatic nitrogens is 1. The van der Waals surface area contributed by atoms with Gasteiger partial charge in [0, 0.05) is 24.4 Å². The van der Waals surface area contributed by atoms with Crippen molar-refractivity contribution in [3.63, 3.8) is 0 Å². The van der Waals surface area contributed by atoms with Gasteiger partial charge in [0.2, 0.25) is 0 Å². The van der Waals surface area contributed by atoms with Crippen LogP contribution in [0.1, 0.15) is 28.4 Å². The lowest BCUT2D eigenvalue weighted by Crippen LogP contribution is -2.20. The van der Waals surface area contributed by atoms with Crippen molar-refractivity contribution in [3.8, 4) is 0 Å². The highest BCUT2D eigenvalue weighted by molar-refractivity contribution is 5.36. The Labute approximate surface area is 109 Å². The van der Waals surface area contributed by atoms with Gasteiger partial charge < -0.3 is 5.32 Å². The van der Waals surface area contributed by atoms with Crippen LogP contribution in [0.25, 0.3) is 0 Å². The number of aryl methyl sites for hydroxylation is 1. The molecule has 1 heterocycles. The van der Waals surface area contributed by atoms with Crippen molar-refractivity contribution in [3.05, 3.63) is 65.0 Å². The first-order valence-corrected chi connectivity index (χ1v) is 6.35. The van der Waals surface area contributed by atoms with Gasteiger partial charge >= 0.3 is 0 Å². The van der Waals surface area contributed by atoms with Gasteiger partial charge in [-0.2, -0.15) is 0 Å². The Morgan fingerprint density at radius 2 is 1.94 bits per heavy atom. The molecule has 0 amide bonds. The van der Waals surface area contributed by atoms with Crippen molar-refractivity contribution in [2.45, 2.75) is 26.3 Å². The summed E-state index contributed by atoms with van der Waals surface area (Å²) in [5, 5.41) is 3.39. The quantitative estimate of drug-likeness (QED) is 0.887. The number of nitrogens with one attached hydrogen (secondary N) is 1. The minimum Gasteiger partial charge on any atom is -0.313 e. The molecule has 2 aromatic rings. The lowest BCUT2D eigenvalue weighted by molar-refractivity contribution is 0.581. The molecular weight excluding hydrogens is 220 g/mol. The number of rotatable bonds is 4. The van der Waals surface area contributed by atoms with E-state index in [1.807, 2.05) is 25.4 Å². The number of likely N-dealkylation sites (N-methyl/N-ethyl adjacent to an activating group) is 1. The number of hydrogen-bond acceptors (Lipinski definition) is 2. The molecule has 1 unspecified atom stereocenters. The summed E-state index contributed by atoms with van der Waals surface area (Å²) >= 11 is 0. The summed E-state index contributed by atoms with van der Waals surface area (Å²) in [4.78, 5) is 4.40. The Balaban J connectivity index is 2.26. The van der Waals surface area contributed by atoms with Crippen LogP contribution in [-0.4, -0.2) is 12.0 Å². The van der Waals surface area contributed by atoms with E-state index < -0.39 is 0 Å². The van der Waals surface area contributed by atoms with Crippen LogP contribution in [-0.2, 0) is 6.42 Å². The Kier molecular flexibility index (Phi) is 4.11. The van der Waals surface area contributed by atoms with Gasteiger partial charge in [-0.3, -0.25) is 4.98 Å². The topological polar surface area (TPSA) is 24.9 Å². The SMILES string of the molecule is CNC(Cc1ccccn1)c1cccc(C)c1C. The zero-order valence-corrected chi connectivity index (χ0v) is 11.3. The van der Waals surface area contributed by atoms with Crippen molar-refractivity contribution in [1.82, 2.24) is 10.3 Å². The largest absolute Gasteiger partial charge is 0.313 e. The predicted molar refractivity (Wildman–Crippen MR) is 75.7 cm³/mol. The molecule has 0 aliphatic heterocycles. The molecule has 2 heteroatoms. The fourth-order valence-corrected chi connectivity index (χ4v) is 2.25. The fourth-order valence-electron chi connectivity index (χ4n) is 2.25. The second kappa shape index (κ2) is 5.78. The van der Waals surface area contributed by atoms with Crippen LogP contribution in [0.3, 0.4) is 0 Å². The highest BCUT2D eigenvalue weighted by Crippen LogP contribution is 2.22. The third kappa shape index (κ3) is 2.77. The number of pyridine rings is 1. The highest BCUT2D eigenvalue weighted by Gasteiger charge is 2.13. The Bertz CT molecular complexity index is 506. The average molecular weight is 240 g/mol. The van der Waals surface area contributed by atoms with Crippen molar-refractivity contribution >= 4 is 0 Å². The standard InChI is InChI=1S/C16H20N2/c1-12-7-6-9-15(13(12)2)16(17-3)11-14-8-4-5-10-18-14/h4-10,16-17H,11H2,1-3H3. The summed E-state index contributed by atoms with van der Waals surface area (Å²) < 4.78 is 0. The molecule has 1 aromatic carbocycles. The van der Waals surface area contributed by atoms with E-state index in [9.17, 15) is 0 Å².